The molecule has 142 valence electrons. The SMILES string of the molecule is Cc1cccc(C(=O)N(CCC(=O)N2CCNCC2)C[C@H]2CCCO2)c1. The molecule has 2 fully saturated rings. The third-order valence-electron chi connectivity index (χ3n) is 5.07. The van der Waals surface area contributed by atoms with Gasteiger partial charge in [0.05, 0.1) is 6.10 Å². The average Bonchev–Trinajstić information content (AvgIpc) is 3.18. The van der Waals surface area contributed by atoms with Crippen LogP contribution in [0.15, 0.2) is 24.3 Å². The van der Waals surface area contributed by atoms with E-state index >= 15 is 0 Å². The minimum absolute atomic E-state index is 0.0164. The monoisotopic (exact) mass is 359 g/mol. The first kappa shape index (κ1) is 18.9. The fourth-order valence-electron chi connectivity index (χ4n) is 3.57. The highest BCUT2D eigenvalue weighted by atomic mass is 16.5. The van der Waals surface area contributed by atoms with Crippen molar-refractivity contribution in [2.75, 3.05) is 45.9 Å². The molecule has 0 unspecified atom stereocenters. The van der Waals surface area contributed by atoms with Gasteiger partial charge in [0.25, 0.3) is 5.91 Å². The minimum atomic E-state index is -0.0164. The van der Waals surface area contributed by atoms with Crippen molar-refractivity contribution >= 4 is 11.8 Å². The number of hydrogen-bond acceptors (Lipinski definition) is 4. The molecule has 2 amide bonds. The number of nitrogens with one attached hydrogen (secondary N) is 1. The van der Waals surface area contributed by atoms with E-state index in [4.69, 9.17) is 4.74 Å². The van der Waals surface area contributed by atoms with Crippen LogP contribution in [0, 0.1) is 6.92 Å². The van der Waals surface area contributed by atoms with Gasteiger partial charge in [0.15, 0.2) is 0 Å². The van der Waals surface area contributed by atoms with Crippen LogP contribution in [0.4, 0.5) is 0 Å². The summed E-state index contributed by atoms with van der Waals surface area (Å²) >= 11 is 0. The molecule has 0 bridgehead atoms. The van der Waals surface area contributed by atoms with E-state index < -0.39 is 0 Å². The summed E-state index contributed by atoms with van der Waals surface area (Å²) in [4.78, 5) is 29.2. The van der Waals surface area contributed by atoms with Crippen LogP contribution in [-0.2, 0) is 9.53 Å². The van der Waals surface area contributed by atoms with E-state index in [1.165, 1.54) is 0 Å². The molecule has 1 atom stereocenters. The van der Waals surface area contributed by atoms with Crippen molar-refractivity contribution in [2.24, 2.45) is 0 Å². The standard InChI is InChI=1S/C20H29N3O3/c1-16-4-2-5-17(14-16)20(25)23(15-18-6-3-13-26-18)10-7-19(24)22-11-8-21-9-12-22/h2,4-5,14,18,21H,3,6-13,15H2,1H3/t18-/m1/s1. The summed E-state index contributed by atoms with van der Waals surface area (Å²) in [6.45, 7) is 6.91. The van der Waals surface area contributed by atoms with Crippen LogP contribution in [0.5, 0.6) is 0 Å². The predicted molar refractivity (Wildman–Crippen MR) is 100 cm³/mol. The molecule has 0 saturated carbocycles. The van der Waals surface area contributed by atoms with Crippen LogP contribution in [-0.4, -0.2) is 73.6 Å². The van der Waals surface area contributed by atoms with Crippen LogP contribution in [0.25, 0.3) is 0 Å². The Kier molecular flexibility index (Phi) is 6.63. The Morgan fingerprint density at radius 3 is 2.81 bits per heavy atom. The van der Waals surface area contributed by atoms with Gasteiger partial charge in [0.1, 0.15) is 0 Å². The second-order valence-electron chi connectivity index (χ2n) is 7.14. The van der Waals surface area contributed by atoms with Gasteiger partial charge >= 0.3 is 0 Å². The maximum Gasteiger partial charge on any atom is 0.253 e. The summed E-state index contributed by atoms with van der Waals surface area (Å²) in [5.41, 5.74) is 1.74. The highest BCUT2D eigenvalue weighted by molar-refractivity contribution is 5.94. The summed E-state index contributed by atoms with van der Waals surface area (Å²) < 4.78 is 5.72. The Morgan fingerprint density at radius 1 is 1.31 bits per heavy atom. The van der Waals surface area contributed by atoms with Crippen molar-refractivity contribution in [1.82, 2.24) is 15.1 Å². The highest BCUT2D eigenvalue weighted by Crippen LogP contribution is 2.16. The van der Waals surface area contributed by atoms with E-state index in [1.807, 2.05) is 36.1 Å². The quantitative estimate of drug-likeness (QED) is 0.835. The first-order chi connectivity index (χ1) is 12.6. The summed E-state index contributed by atoms with van der Waals surface area (Å²) in [5.74, 6) is 0.109. The molecule has 1 N–H and O–H groups in total. The normalized spacial score (nSPS) is 20.2. The second-order valence-corrected chi connectivity index (χ2v) is 7.14. The predicted octanol–water partition coefficient (Wildman–Crippen LogP) is 1.44. The first-order valence-electron chi connectivity index (χ1n) is 9.59. The van der Waals surface area contributed by atoms with E-state index in [0.717, 1.165) is 51.2 Å². The molecule has 0 spiro atoms. The van der Waals surface area contributed by atoms with Gasteiger partial charge in [-0.3, -0.25) is 9.59 Å². The molecule has 6 nitrogen and oxygen atoms in total. The third kappa shape index (κ3) is 5.05. The van der Waals surface area contributed by atoms with Gasteiger partial charge in [0.2, 0.25) is 5.91 Å². The summed E-state index contributed by atoms with van der Waals surface area (Å²) in [6.07, 6.45) is 2.46. The fourth-order valence-corrected chi connectivity index (χ4v) is 3.57. The van der Waals surface area contributed by atoms with Crippen molar-refractivity contribution in [2.45, 2.75) is 32.3 Å². The van der Waals surface area contributed by atoms with Crippen molar-refractivity contribution in [3.05, 3.63) is 35.4 Å². The zero-order valence-electron chi connectivity index (χ0n) is 15.6. The Bertz CT molecular complexity index is 622. The third-order valence-corrected chi connectivity index (χ3v) is 5.07. The molecule has 26 heavy (non-hydrogen) atoms. The van der Waals surface area contributed by atoms with E-state index in [1.54, 1.807) is 4.90 Å². The maximum atomic E-state index is 13.0. The molecule has 2 saturated heterocycles. The second kappa shape index (κ2) is 9.14. The van der Waals surface area contributed by atoms with E-state index in [0.29, 0.717) is 25.1 Å². The first-order valence-corrected chi connectivity index (χ1v) is 9.59. The van der Waals surface area contributed by atoms with Crippen LogP contribution in [0.3, 0.4) is 0 Å². The van der Waals surface area contributed by atoms with Crippen molar-refractivity contribution < 1.29 is 14.3 Å². The van der Waals surface area contributed by atoms with Crippen LogP contribution in [0.2, 0.25) is 0 Å². The number of aryl methyl sites for hydroxylation is 1. The van der Waals surface area contributed by atoms with Gasteiger partial charge in [0, 0.05) is 57.9 Å². The van der Waals surface area contributed by atoms with Crippen LogP contribution in [0.1, 0.15) is 35.2 Å². The largest absolute Gasteiger partial charge is 0.376 e. The van der Waals surface area contributed by atoms with Gasteiger partial charge < -0.3 is 19.9 Å². The van der Waals surface area contributed by atoms with Crippen molar-refractivity contribution in [1.29, 1.82) is 0 Å². The summed E-state index contributed by atoms with van der Waals surface area (Å²) in [7, 11) is 0. The smallest absolute Gasteiger partial charge is 0.253 e. The van der Waals surface area contributed by atoms with Crippen LogP contribution >= 0.6 is 0 Å². The molecule has 6 heteroatoms. The molecule has 2 heterocycles. The number of amides is 2. The van der Waals surface area contributed by atoms with Crippen molar-refractivity contribution in [3.63, 3.8) is 0 Å². The topological polar surface area (TPSA) is 61.9 Å². The lowest BCUT2D eigenvalue weighted by molar-refractivity contribution is -0.132. The molecule has 1 aromatic carbocycles. The molecule has 2 aliphatic heterocycles. The zero-order valence-corrected chi connectivity index (χ0v) is 15.6. The molecule has 0 radical (unpaired) electrons. The van der Waals surface area contributed by atoms with Gasteiger partial charge in [-0.05, 0) is 31.9 Å². The molecule has 2 aliphatic rings. The minimum Gasteiger partial charge on any atom is -0.376 e. The Labute approximate surface area is 155 Å². The highest BCUT2D eigenvalue weighted by Gasteiger charge is 2.25. The van der Waals surface area contributed by atoms with Gasteiger partial charge in [-0.2, -0.15) is 0 Å². The summed E-state index contributed by atoms with van der Waals surface area (Å²) in [6, 6.07) is 7.63. The average molecular weight is 359 g/mol. The number of benzene rings is 1. The Morgan fingerprint density at radius 2 is 2.12 bits per heavy atom. The molecule has 0 aromatic heterocycles. The van der Waals surface area contributed by atoms with Gasteiger partial charge in [-0.25, -0.2) is 0 Å². The lowest BCUT2D eigenvalue weighted by Gasteiger charge is -2.30. The Balaban J connectivity index is 1.64. The lowest BCUT2D eigenvalue weighted by Crippen LogP contribution is -2.47. The maximum absolute atomic E-state index is 13.0. The number of nitrogens with zero attached hydrogens (tertiary/aromatic N) is 2. The zero-order chi connectivity index (χ0) is 18.4. The lowest BCUT2D eigenvalue weighted by atomic mass is 10.1. The van der Waals surface area contributed by atoms with Gasteiger partial charge in [-0.15, -0.1) is 0 Å². The molecular weight excluding hydrogens is 330 g/mol. The van der Waals surface area contributed by atoms with E-state index in [-0.39, 0.29) is 17.9 Å². The molecule has 0 aliphatic carbocycles. The number of carbonyl (C=O) groups is 2. The molecular formula is C20H29N3O3. The number of piperazine rings is 1. The number of rotatable bonds is 6. The Hall–Kier alpha value is -1.92. The van der Waals surface area contributed by atoms with Crippen LogP contribution < -0.4 is 5.32 Å². The number of carbonyl (C=O) groups excluding carboxylic acids is 2. The van der Waals surface area contributed by atoms with E-state index in [2.05, 4.69) is 5.32 Å². The van der Waals surface area contributed by atoms with Gasteiger partial charge in [-0.1, -0.05) is 17.7 Å². The molecule has 3 rings (SSSR count). The van der Waals surface area contributed by atoms with Crippen molar-refractivity contribution in [3.8, 4) is 0 Å². The summed E-state index contributed by atoms with van der Waals surface area (Å²) in [5, 5.41) is 3.25. The van der Waals surface area contributed by atoms with E-state index in [9.17, 15) is 9.59 Å². The fraction of sp³-hybridized carbons (Fsp3) is 0.600. The number of ether oxygens (including phenoxy) is 1. The number of hydrogen-bond donors (Lipinski definition) is 1. The molecule has 1 aromatic rings.